The average Bonchev–Trinajstić information content (AvgIpc) is 2.56. The Labute approximate surface area is 139 Å². The molecule has 0 N–H and O–H groups in total. The first-order valence-corrected chi connectivity index (χ1v) is 8.18. The monoisotopic (exact) mass is 320 g/mol. The van der Waals surface area contributed by atoms with Crippen LogP contribution in [0.15, 0.2) is 24.3 Å². The number of amides is 2. The van der Waals surface area contributed by atoms with Gasteiger partial charge in [0.05, 0.1) is 7.11 Å². The first-order chi connectivity index (χ1) is 11.0. The van der Waals surface area contributed by atoms with Crippen molar-refractivity contribution in [2.24, 2.45) is 0 Å². The van der Waals surface area contributed by atoms with E-state index in [9.17, 15) is 9.59 Å². The van der Waals surface area contributed by atoms with E-state index < -0.39 is 0 Å². The van der Waals surface area contributed by atoms with Gasteiger partial charge in [-0.2, -0.15) is 0 Å². The molecule has 2 amide bonds. The van der Waals surface area contributed by atoms with Gasteiger partial charge in [-0.15, -0.1) is 0 Å². The summed E-state index contributed by atoms with van der Waals surface area (Å²) >= 11 is 0. The molecule has 23 heavy (non-hydrogen) atoms. The van der Waals surface area contributed by atoms with Gasteiger partial charge in [0.15, 0.2) is 0 Å². The first kappa shape index (κ1) is 19.0. The largest absolute Gasteiger partial charge is 0.497 e. The number of methoxy groups -OCH3 is 1. The standard InChI is InChI=1S/C18H28N2O3/c1-5-19(6-2)18(22)12-14-20(15(3)21)13-11-16-7-9-17(23-4)10-8-16/h7-10H,5-6,11-14H2,1-4H3. The molecule has 0 radical (unpaired) electrons. The molecule has 0 saturated heterocycles. The van der Waals surface area contributed by atoms with Crippen molar-refractivity contribution in [1.82, 2.24) is 9.80 Å². The second kappa shape index (κ2) is 9.87. The topological polar surface area (TPSA) is 49.9 Å². The minimum atomic E-state index is 0.00542. The number of carbonyl (C=O) groups is 2. The molecule has 1 aromatic rings. The molecule has 128 valence electrons. The molecule has 0 unspecified atom stereocenters. The van der Waals surface area contributed by atoms with Crippen LogP contribution < -0.4 is 4.74 Å². The maximum absolute atomic E-state index is 12.1. The van der Waals surface area contributed by atoms with Crippen LogP contribution in [0.3, 0.4) is 0 Å². The van der Waals surface area contributed by atoms with Crippen molar-refractivity contribution in [3.63, 3.8) is 0 Å². The summed E-state index contributed by atoms with van der Waals surface area (Å²) in [4.78, 5) is 27.4. The van der Waals surface area contributed by atoms with Crippen LogP contribution >= 0.6 is 0 Å². The Morgan fingerprint density at radius 3 is 2.09 bits per heavy atom. The van der Waals surface area contributed by atoms with Gasteiger partial charge in [-0.1, -0.05) is 12.1 Å². The van der Waals surface area contributed by atoms with Crippen molar-refractivity contribution < 1.29 is 14.3 Å². The van der Waals surface area contributed by atoms with Crippen LogP contribution in [0.4, 0.5) is 0 Å². The smallest absolute Gasteiger partial charge is 0.224 e. The zero-order chi connectivity index (χ0) is 17.2. The highest BCUT2D eigenvalue weighted by molar-refractivity contribution is 5.78. The zero-order valence-electron chi connectivity index (χ0n) is 14.7. The summed E-state index contributed by atoms with van der Waals surface area (Å²) in [7, 11) is 1.64. The number of hydrogen-bond donors (Lipinski definition) is 0. The van der Waals surface area contributed by atoms with E-state index in [0.717, 1.165) is 17.7 Å². The fraction of sp³-hybridized carbons (Fsp3) is 0.556. The molecular formula is C18H28N2O3. The third-order valence-corrected chi connectivity index (χ3v) is 3.99. The Kier molecular flexibility index (Phi) is 8.16. The lowest BCUT2D eigenvalue weighted by Gasteiger charge is -2.23. The first-order valence-electron chi connectivity index (χ1n) is 8.18. The van der Waals surface area contributed by atoms with E-state index in [-0.39, 0.29) is 11.8 Å². The average molecular weight is 320 g/mol. The fourth-order valence-electron chi connectivity index (χ4n) is 2.45. The quantitative estimate of drug-likeness (QED) is 0.702. The number of carbonyl (C=O) groups excluding carboxylic acids is 2. The summed E-state index contributed by atoms with van der Waals surface area (Å²) in [5.41, 5.74) is 1.15. The number of hydrogen-bond acceptors (Lipinski definition) is 3. The molecule has 0 fully saturated rings. The highest BCUT2D eigenvalue weighted by atomic mass is 16.5. The van der Waals surface area contributed by atoms with Crippen LogP contribution in [0.25, 0.3) is 0 Å². The summed E-state index contributed by atoms with van der Waals surface area (Å²) in [5, 5.41) is 0. The summed E-state index contributed by atoms with van der Waals surface area (Å²) in [6.07, 6.45) is 1.15. The van der Waals surface area contributed by atoms with E-state index >= 15 is 0 Å². The highest BCUT2D eigenvalue weighted by Gasteiger charge is 2.14. The van der Waals surface area contributed by atoms with E-state index in [2.05, 4.69) is 0 Å². The second-order valence-electron chi connectivity index (χ2n) is 5.42. The van der Waals surface area contributed by atoms with Gasteiger partial charge in [-0.25, -0.2) is 0 Å². The van der Waals surface area contributed by atoms with E-state index in [0.29, 0.717) is 32.6 Å². The molecule has 0 aliphatic rings. The Morgan fingerprint density at radius 1 is 1.00 bits per heavy atom. The van der Waals surface area contributed by atoms with Gasteiger partial charge in [-0.3, -0.25) is 9.59 Å². The summed E-state index contributed by atoms with van der Waals surface area (Å²) < 4.78 is 5.13. The van der Waals surface area contributed by atoms with Crippen molar-refractivity contribution in [3.05, 3.63) is 29.8 Å². The van der Waals surface area contributed by atoms with Gasteiger partial charge < -0.3 is 14.5 Å². The maximum Gasteiger partial charge on any atom is 0.224 e. The number of ether oxygens (including phenoxy) is 1. The van der Waals surface area contributed by atoms with Gasteiger partial charge in [-0.05, 0) is 38.0 Å². The molecule has 0 bridgehead atoms. The minimum Gasteiger partial charge on any atom is -0.497 e. The van der Waals surface area contributed by atoms with Crippen LogP contribution in [-0.2, 0) is 16.0 Å². The maximum atomic E-state index is 12.1. The van der Waals surface area contributed by atoms with Crippen LogP contribution in [0.2, 0.25) is 0 Å². The molecule has 5 nitrogen and oxygen atoms in total. The van der Waals surface area contributed by atoms with Crippen molar-refractivity contribution in [1.29, 1.82) is 0 Å². The van der Waals surface area contributed by atoms with Crippen molar-refractivity contribution in [2.45, 2.75) is 33.6 Å². The van der Waals surface area contributed by atoms with Crippen LogP contribution in [0.1, 0.15) is 32.8 Å². The zero-order valence-corrected chi connectivity index (χ0v) is 14.7. The van der Waals surface area contributed by atoms with Gasteiger partial charge in [0, 0.05) is 39.5 Å². The number of rotatable bonds is 9. The van der Waals surface area contributed by atoms with Crippen molar-refractivity contribution in [2.75, 3.05) is 33.3 Å². The summed E-state index contributed by atoms with van der Waals surface area (Å²) in [6, 6.07) is 7.82. The summed E-state index contributed by atoms with van der Waals surface area (Å²) in [6.45, 7) is 7.99. The van der Waals surface area contributed by atoms with Gasteiger partial charge in [0.2, 0.25) is 11.8 Å². The third kappa shape index (κ3) is 6.30. The predicted octanol–water partition coefficient (Wildman–Crippen LogP) is 2.34. The molecule has 0 atom stereocenters. The van der Waals surface area contributed by atoms with E-state index in [1.54, 1.807) is 23.8 Å². The van der Waals surface area contributed by atoms with Crippen molar-refractivity contribution >= 4 is 11.8 Å². The molecule has 1 rings (SSSR count). The Hall–Kier alpha value is -2.04. The Morgan fingerprint density at radius 2 is 1.61 bits per heavy atom. The number of benzene rings is 1. The van der Waals surface area contributed by atoms with Gasteiger partial charge in [0.25, 0.3) is 0 Å². The molecule has 0 spiro atoms. The molecule has 0 aromatic heterocycles. The second-order valence-corrected chi connectivity index (χ2v) is 5.42. The molecule has 5 heteroatoms. The molecule has 0 heterocycles. The SMILES string of the molecule is CCN(CC)C(=O)CCN(CCc1ccc(OC)cc1)C(C)=O. The predicted molar refractivity (Wildman–Crippen MR) is 91.5 cm³/mol. The normalized spacial score (nSPS) is 10.3. The van der Waals surface area contributed by atoms with Crippen LogP contribution in [0, 0.1) is 0 Å². The van der Waals surface area contributed by atoms with Gasteiger partial charge in [0.1, 0.15) is 5.75 Å². The third-order valence-electron chi connectivity index (χ3n) is 3.99. The van der Waals surface area contributed by atoms with E-state index in [1.807, 2.05) is 38.1 Å². The van der Waals surface area contributed by atoms with E-state index in [1.165, 1.54) is 0 Å². The molecule has 1 aromatic carbocycles. The lowest BCUT2D eigenvalue weighted by atomic mass is 10.1. The van der Waals surface area contributed by atoms with Crippen molar-refractivity contribution in [3.8, 4) is 5.75 Å². The Balaban J connectivity index is 2.51. The summed E-state index contributed by atoms with van der Waals surface area (Å²) in [5.74, 6) is 0.929. The Bertz CT molecular complexity index is 495. The van der Waals surface area contributed by atoms with E-state index in [4.69, 9.17) is 4.74 Å². The fourth-order valence-corrected chi connectivity index (χ4v) is 2.45. The minimum absolute atomic E-state index is 0.00542. The van der Waals surface area contributed by atoms with Crippen LogP contribution in [-0.4, -0.2) is 54.9 Å². The molecule has 0 aliphatic carbocycles. The molecule has 0 saturated carbocycles. The highest BCUT2D eigenvalue weighted by Crippen LogP contribution is 2.12. The van der Waals surface area contributed by atoms with Gasteiger partial charge >= 0.3 is 0 Å². The lowest BCUT2D eigenvalue weighted by molar-refractivity contribution is -0.133. The number of nitrogens with zero attached hydrogens (tertiary/aromatic N) is 2. The lowest BCUT2D eigenvalue weighted by Crippen LogP contribution is -2.37. The molecule has 0 aliphatic heterocycles. The molecular weight excluding hydrogens is 292 g/mol. The van der Waals surface area contributed by atoms with Crippen LogP contribution in [0.5, 0.6) is 5.75 Å².